The molecule has 0 fully saturated rings. The molecule has 0 atom stereocenters. The van der Waals surface area contributed by atoms with Crippen LogP contribution in [0.2, 0.25) is 0 Å². The molecule has 0 radical (unpaired) electrons. The average molecular weight is 294 g/mol. The first-order chi connectivity index (χ1) is 9.57. The molecule has 0 amide bonds. The van der Waals surface area contributed by atoms with Gasteiger partial charge in [0.1, 0.15) is 0 Å². The van der Waals surface area contributed by atoms with Crippen LogP contribution in [0.3, 0.4) is 0 Å². The molecular formula is C13H18N4O2S. The summed E-state index contributed by atoms with van der Waals surface area (Å²) >= 11 is 0. The van der Waals surface area contributed by atoms with Gasteiger partial charge in [-0.15, -0.1) is 0 Å². The summed E-state index contributed by atoms with van der Waals surface area (Å²) in [6.45, 7) is 0. The molecule has 1 rings (SSSR count). The Labute approximate surface area is 119 Å². The van der Waals surface area contributed by atoms with Gasteiger partial charge in [-0.1, -0.05) is 12.1 Å². The largest absolute Gasteiger partial charge is 0.279 e. The van der Waals surface area contributed by atoms with Crippen LogP contribution in [0.5, 0.6) is 0 Å². The van der Waals surface area contributed by atoms with Gasteiger partial charge in [0.15, 0.2) is 0 Å². The van der Waals surface area contributed by atoms with Crippen molar-refractivity contribution in [3.63, 3.8) is 0 Å². The van der Waals surface area contributed by atoms with Crippen molar-refractivity contribution >= 4 is 21.9 Å². The van der Waals surface area contributed by atoms with Crippen molar-refractivity contribution in [3.05, 3.63) is 29.8 Å². The number of rotatable bonds is 8. The number of sulfonamides is 1. The normalized spacial score (nSPS) is 11.4. The van der Waals surface area contributed by atoms with E-state index in [1.54, 1.807) is 6.21 Å². The summed E-state index contributed by atoms with van der Waals surface area (Å²) < 4.78 is 24.9. The number of aryl methyl sites for hydroxylation is 1. The van der Waals surface area contributed by atoms with E-state index < -0.39 is 10.0 Å². The fourth-order valence-corrected chi connectivity index (χ4v) is 2.12. The molecule has 108 valence electrons. The van der Waals surface area contributed by atoms with Gasteiger partial charge >= 0.3 is 0 Å². The number of hydrogen-bond donors (Lipinski definition) is 2. The van der Waals surface area contributed by atoms with Crippen LogP contribution in [0.15, 0.2) is 29.4 Å². The molecule has 2 N–H and O–H groups in total. The maximum atomic E-state index is 11.3. The van der Waals surface area contributed by atoms with Gasteiger partial charge in [0.05, 0.1) is 17.5 Å². The van der Waals surface area contributed by atoms with E-state index in [0.29, 0.717) is 19.3 Å². The summed E-state index contributed by atoms with van der Waals surface area (Å²) in [4.78, 5) is 0. The van der Waals surface area contributed by atoms with Gasteiger partial charge in [-0.3, -0.25) is 5.43 Å². The Balaban J connectivity index is 2.44. The van der Waals surface area contributed by atoms with Crippen molar-refractivity contribution < 1.29 is 8.42 Å². The van der Waals surface area contributed by atoms with Crippen LogP contribution in [0.25, 0.3) is 0 Å². The van der Waals surface area contributed by atoms with E-state index >= 15 is 0 Å². The number of hydrazone groups is 1. The smallest absolute Gasteiger partial charge is 0.211 e. The van der Waals surface area contributed by atoms with Gasteiger partial charge in [0.2, 0.25) is 10.0 Å². The van der Waals surface area contributed by atoms with Crippen LogP contribution >= 0.6 is 0 Å². The topological polar surface area (TPSA) is 94.3 Å². The Morgan fingerprint density at radius 3 is 2.65 bits per heavy atom. The van der Waals surface area contributed by atoms with E-state index in [4.69, 9.17) is 5.26 Å². The monoisotopic (exact) mass is 294 g/mol. The molecular weight excluding hydrogens is 276 g/mol. The fourth-order valence-electron chi connectivity index (χ4n) is 1.41. The molecule has 0 saturated carbocycles. The predicted octanol–water partition coefficient (Wildman–Crippen LogP) is 1.48. The molecule has 1 aromatic carbocycles. The van der Waals surface area contributed by atoms with Crippen LogP contribution in [-0.2, 0) is 16.4 Å². The Bertz CT molecular complexity index is 573. The molecule has 0 aliphatic rings. The highest BCUT2D eigenvalue weighted by atomic mass is 32.2. The van der Waals surface area contributed by atoms with Gasteiger partial charge in [0.25, 0.3) is 0 Å². The molecule has 1 aromatic rings. The fraction of sp³-hybridized carbons (Fsp3) is 0.385. The van der Waals surface area contributed by atoms with E-state index in [0.717, 1.165) is 11.3 Å². The summed E-state index contributed by atoms with van der Waals surface area (Å²) in [5.74, 6) is 0.0720. The van der Waals surface area contributed by atoms with Gasteiger partial charge < -0.3 is 0 Å². The minimum atomic E-state index is -3.17. The minimum absolute atomic E-state index is 0.0720. The third kappa shape index (κ3) is 6.31. The highest BCUT2D eigenvalue weighted by Gasteiger charge is 2.06. The number of nitrogens with one attached hydrogen (secondary N) is 2. The summed E-state index contributed by atoms with van der Waals surface area (Å²) in [7, 11) is -1.76. The lowest BCUT2D eigenvalue weighted by Gasteiger charge is -2.04. The number of nitriles is 1. The summed E-state index contributed by atoms with van der Waals surface area (Å²) in [6.07, 6.45) is 3.18. The van der Waals surface area contributed by atoms with Crippen LogP contribution in [0.4, 0.5) is 5.69 Å². The van der Waals surface area contributed by atoms with Crippen LogP contribution < -0.4 is 10.1 Å². The maximum Gasteiger partial charge on any atom is 0.211 e. The maximum absolute atomic E-state index is 11.3. The first-order valence-corrected chi connectivity index (χ1v) is 7.87. The average Bonchev–Trinajstić information content (AvgIpc) is 2.46. The van der Waals surface area contributed by atoms with Gasteiger partial charge in [-0.2, -0.15) is 10.4 Å². The molecule has 0 aromatic heterocycles. The van der Waals surface area contributed by atoms with Crippen LogP contribution in [-0.4, -0.2) is 27.4 Å². The first-order valence-electron chi connectivity index (χ1n) is 6.22. The molecule has 6 nitrogen and oxygen atoms in total. The van der Waals surface area contributed by atoms with Crippen LogP contribution in [0.1, 0.15) is 18.4 Å². The van der Waals surface area contributed by atoms with Gasteiger partial charge in [0, 0.05) is 12.6 Å². The minimum Gasteiger partial charge on any atom is -0.279 e. The second-order valence-corrected chi connectivity index (χ2v) is 6.14. The molecule has 0 aliphatic heterocycles. The molecule has 0 heterocycles. The predicted molar refractivity (Wildman–Crippen MR) is 80.0 cm³/mol. The third-order valence-electron chi connectivity index (χ3n) is 2.59. The molecule has 0 unspecified atom stereocenters. The lowest BCUT2D eigenvalue weighted by atomic mass is 10.1. The second-order valence-electron chi connectivity index (χ2n) is 4.09. The molecule has 0 bridgehead atoms. The summed E-state index contributed by atoms with van der Waals surface area (Å²) in [6, 6.07) is 9.42. The Morgan fingerprint density at radius 1 is 1.35 bits per heavy atom. The lowest BCUT2D eigenvalue weighted by molar-refractivity contribution is 0.587. The van der Waals surface area contributed by atoms with Crippen molar-refractivity contribution in [3.8, 4) is 6.07 Å². The zero-order valence-electron chi connectivity index (χ0n) is 11.3. The molecule has 20 heavy (non-hydrogen) atoms. The molecule has 0 saturated heterocycles. The lowest BCUT2D eigenvalue weighted by Crippen LogP contribution is -2.23. The van der Waals surface area contributed by atoms with E-state index in [1.807, 2.05) is 30.3 Å². The van der Waals surface area contributed by atoms with Crippen molar-refractivity contribution in [2.75, 3.05) is 18.2 Å². The summed E-state index contributed by atoms with van der Waals surface area (Å²) in [5, 5.41) is 12.3. The second kappa shape index (κ2) is 8.30. The number of benzene rings is 1. The third-order valence-corrected chi connectivity index (χ3v) is 3.96. The van der Waals surface area contributed by atoms with E-state index in [1.165, 1.54) is 7.05 Å². The first kappa shape index (κ1) is 16.1. The number of anilines is 1. The van der Waals surface area contributed by atoms with Crippen molar-refractivity contribution in [1.29, 1.82) is 5.26 Å². The Hall–Kier alpha value is -1.91. The zero-order chi connectivity index (χ0) is 14.8. The van der Waals surface area contributed by atoms with Crippen molar-refractivity contribution in [2.45, 2.75) is 19.3 Å². The highest BCUT2D eigenvalue weighted by Crippen LogP contribution is 2.10. The van der Waals surface area contributed by atoms with Gasteiger partial charge in [-0.25, -0.2) is 13.1 Å². The zero-order valence-corrected chi connectivity index (χ0v) is 12.2. The number of nitrogens with zero attached hydrogens (tertiary/aromatic N) is 2. The standard InChI is InChI=1S/C13H18N4O2S/c1-15-20(18,19)11-8-12-4-6-13(7-5-12)17-16-10-3-2-9-14/h4-7,10,15,17H,2-3,8,11H2,1H3/b16-10-. The molecule has 0 spiro atoms. The quantitative estimate of drug-likeness (QED) is 0.431. The van der Waals surface area contributed by atoms with Gasteiger partial charge in [-0.05, 0) is 37.6 Å². The molecule has 7 heteroatoms. The SMILES string of the molecule is CNS(=O)(=O)CCc1ccc(N/N=C\CCC#N)cc1. The molecule has 0 aliphatic carbocycles. The highest BCUT2D eigenvalue weighted by molar-refractivity contribution is 7.89. The number of unbranched alkanes of at least 4 members (excludes halogenated alkanes) is 1. The van der Waals surface area contributed by atoms with Crippen molar-refractivity contribution in [2.24, 2.45) is 5.10 Å². The van der Waals surface area contributed by atoms with Crippen molar-refractivity contribution in [1.82, 2.24) is 4.72 Å². The van der Waals surface area contributed by atoms with E-state index in [2.05, 4.69) is 15.2 Å². The number of hydrogen-bond acceptors (Lipinski definition) is 5. The van der Waals surface area contributed by atoms with Crippen LogP contribution in [0, 0.1) is 11.3 Å². The summed E-state index contributed by atoms with van der Waals surface area (Å²) in [5.41, 5.74) is 4.61. The Kier molecular flexibility index (Phi) is 6.70. The van der Waals surface area contributed by atoms with E-state index in [9.17, 15) is 8.42 Å². The van der Waals surface area contributed by atoms with E-state index in [-0.39, 0.29) is 5.75 Å². The Morgan fingerprint density at radius 2 is 2.05 bits per heavy atom.